The van der Waals surface area contributed by atoms with Gasteiger partial charge in [0.25, 0.3) is 0 Å². The van der Waals surface area contributed by atoms with Gasteiger partial charge in [0.05, 0.1) is 32.3 Å². The van der Waals surface area contributed by atoms with E-state index in [1.165, 1.54) is 44.9 Å². The lowest BCUT2D eigenvalue weighted by molar-refractivity contribution is -0.368. The predicted octanol–water partition coefficient (Wildman–Crippen LogP) is 5.81. The smallest absolute Gasteiger partial charge is 0.223 e. The number of ether oxygens (including phenoxy) is 5. The van der Waals surface area contributed by atoms with Crippen molar-refractivity contribution in [2.45, 2.75) is 141 Å². The van der Waals surface area contributed by atoms with Crippen LogP contribution >= 0.6 is 0 Å². The molecule has 0 spiro atoms. The molecule has 6 atom stereocenters. The Kier molecular flexibility index (Phi) is 14.8. The Hall–Kier alpha value is -1.81. The number of amides is 1. The minimum atomic E-state index is -1.03. The summed E-state index contributed by atoms with van der Waals surface area (Å²) >= 11 is 0. The second-order valence-electron chi connectivity index (χ2n) is 11.8. The molecule has 2 saturated heterocycles. The van der Waals surface area contributed by atoms with Gasteiger partial charge in [-0.05, 0) is 25.8 Å². The molecule has 0 bridgehead atoms. The van der Waals surface area contributed by atoms with E-state index in [0.717, 1.165) is 24.8 Å². The van der Waals surface area contributed by atoms with Crippen LogP contribution in [0.4, 0.5) is 0 Å². The highest BCUT2D eigenvalue weighted by Crippen LogP contribution is 2.33. The van der Waals surface area contributed by atoms with Gasteiger partial charge in [-0.25, -0.2) is 0 Å². The molecule has 1 aromatic rings. The summed E-state index contributed by atoms with van der Waals surface area (Å²) in [7, 11) is 0. The lowest BCUT2D eigenvalue weighted by Crippen LogP contribution is -2.68. The van der Waals surface area contributed by atoms with Gasteiger partial charge in [-0.3, -0.25) is 4.79 Å². The Morgan fingerprint density at radius 1 is 1.12 bits per heavy atom. The summed E-state index contributed by atoms with van der Waals surface area (Å²) in [5, 5.41) is 14.3. The van der Waals surface area contributed by atoms with Crippen molar-refractivity contribution >= 4 is 5.91 Å². The number of unbranched alkanes of at least 4 members (excludes halogenated alkanes) is 8. The van der Waals surface area contributed by atoms with E-state index in [0.29, 0.717) is 6.61 Å². The molecule has 2 heterocycles. The maximum absolute atomic E-state index is 13.3. The summed E-state index contributed by atoms with van der Waals surface area (Å²) in [5.41, 5.74) is 1.07. The number of carbonyl (C=O) groups is 1. The summed E-state index contributed by atoms with van der Waals surface area (Å²) in [6.45, 7) is 10.5. The lowest BCUT2D eigenvalue weighted by Gasteiger charge is -2.49. The van der Waals surface area contributed by atoms with Crippen molar-refractivity contribution < 1.29 is 33.6 Å². The first kappa shape index (κ1) is 33.7. The molecule has 0 aliphatic carbocycles. The number of aliphatic hydroxyl groups excluding tert-OH is 1. The minimum Gasteiger partial charge on any atom is -0.388 e. The average Bonchev–Trinajstić information content (AvgIpc) is 2.96. The monoisotopic (exact) mass is 575 g/mol. The van der Waals surface area contributed by atoms with Gasteiger partial charge in [0.2, 0.25) is 5.91 Å². The zero-order valence-corrected chi connectivity index (χ0v) is 25.4. The second-order valence-corrected chi connectivity index (χ2v) is 11.8. The van der Waals surface area contributed by atoms with E-state index >= 15 is 0 Å². The number of nitrogens with one attached hydrogen (secondary N) is 1. The molecular weight excluding hydrogens is 522 g/mol. The van der Waals surface area contributed by atoms with E-state index in [9.17, 15) is 9.90 Å². The highest BCUT2D eigenvalue weighted by atomic mass is 16.8. The molecule has 8 nitrogen and oxygen atoms in total. The zero-order chi connectivity index (χ0) is 29.5. The molecule has 2 fully saturated rings. The van der Waals surface area contributed by atoms with Crippen LogP contribution in [-0.4, -0.2) is 66.8 Å². The van der Waals surface area contributed by atoms with Crippen LogP contribution in [0.25, 0.3) is 0 Å². The van der Waals surface area contributed by atoms with E-state index in [1.807, 2.05) is 30.3 Å². The molecular formula is C33H53NO7. The minimum absolute atomic E-state index is 0.185. The number of carbonyl (C=O) groups excluding carboxylic acids is 1. The summed E-state index contributed by atoms with van der Waals surface area (Å²) < 4.78 is 29.8. The first-order valence-electron chi connectivity index (χ1n) is 15.7. The summed E-state index contributed by atoms with van der Waals surface area (Å²) in [4.78, 5) is 13.3. The summed E-state index contributed by atoms with van der Waals surface area (Å²) in [5.74, 6) is -1.08. The van der Waals surface area contributed by atoms with Crippen LogP contribution in [0.5, 0.6) is 0 Å². The number of rotatable bonds is 19. The number of hydrogen-bond acceptors (Lipinski definition) is 7. The van der Waals surface area contributed by atoms with E-state index < -0.39 is 36.4 Å². The molecule has 2 aliphatic heterocycles. The van der Waals surface area contributed by atoms with Gasteiger partial charge in [-0.15, -0.1) is 6.58 Å². The zero-order valence-electron chi connectivity index (χ0n) is 25.4. The third kappa shape index (κ3) is 11.8. The van der Waals surface area contributed by atoms with Crippen LogP contribution in [0.2, 0.25) is 0 Å². The van der Waals surface area contributed by atoms with Gasteiger partial charge in [0.1, 0.15) is 24.4 Å². The Morgan fingerprint density at radius 2 is 1.80 bits per heavy atom. The topological polar surface area (TPSA) is 95.5 Å². The molecule has 2 N–H and O–H groups in total. The fourth-order valence-corrected chi connectivity index (χ4v) is 5.47. The van der Waals surface area contributed by atoms with Crippen molar-refractivity contribution in [1.29, 1.82) is 0 Å². The summed E-state index contributed by atoms with van der Waals surface area (Å²) in [6, 6.07) is 9.20. The summed E-state index contributed by atoms with van der Waals surface area (Å²) in [6.07, 6.45) is 10.5. The van der Waals surface area contributed by atoms with Gasteiger partial charge < -0.3 is 34.1 Å². The van der Waals surface area contributed by atoms with Crippen molar-refractivity contribution in [3.8, 4) is 0 Å². The van der Waals surface area contributed by atoms with Crippen LogP contribution < -0.4 is 5.32 Å². The van der Waals surface area contributed by atoms with Crippen molar-refractivity contribution in [1.82, 2.24) is 5.32 Å². The second kappa shape index (κ2) is 18.0. The van der Waals surface area contributed by atoms with Crippen LogP contribution in [0, 0.1) is 0 Å². The fraction of sp³-hybridized carbons (Fsp3) is 0.727. The van der Waals surface area contributed by atoms with Gasteiger partial charge in [-0.1, -0.05) is 101 Å². The molecule has 3 rings (SSSR count). The van der Waals surface area contributed by atoms with E-state index in [1.54, 1.807) is 19.9 Å². The first-order valence-corrected chi connectivity index (χ1v) is 15.7. The van der Waals surface area contributed by atoms with Crippen LogP contribution in [-0.2, 0) is 35.1 Å². The molecule has 0 aromatic heterocycles. The molecule has 1 amide bonds. The third-order valence-corrected chi connectivity index (χ3v) is 7.77. The normalized spacial score (nSPS) is 26.2. The van der Waals surface area contributed by atoms with Crippen LogP contribution in [0.3, 0.4) is 0 Å². The van der Waals surface area contributed by atoms with Crippen molar-refractivity contribution in [3.63, 3.8) is 0 Å². The van der Waals surface area contributed by atoms with Gasteiger partial charge >= 0.3 is 0 Å². The highest BCUT2D eigenvalue weighted by molar-refractivity contribution is 5.77. The van der Waals surface area contributed by atoms with Crippen molar-refractivity contribution in [2.24, 2.45) is 0 Å². The Labute approximate surface area is 247 Å². The lowest BCUT2D eigenvalue weighted by atomic mass is 9.95. The van der Waals surface area contributed by atoms with Gasteiger partial charge in [-0.2, -0.15) is 0 Å². The molecule has 0 saturated carbocycles. The first-order chi connectivity index (χ1) is 19.8. The van der Waals surface area contributed by atoms with E-state index in [2.05, 4.69) is 18.8 Å². The molecule has 2 aliphatic rings. The Balaban J connectivity index is 1.56. The molecule has 1 aromatic carbocycles. The molecule has 232 valence electrons. The van der Waals surface area contributed by atoms with Crippen LogP contribution in [0.1, 0.15) is 97.0 Å². The number of fused-ring (bicyclic) bond motifs is 1. The maximum atomic E-state index is 13.3. The third-order valence-electron chi connectivity index (χ3n) is 7.77. The molecule has 8 heteroatoms. The van der Waals surface area contributed by atoms with Crippen molar-refractivity contribution in [3.05, 3.63) is 48.6 Å². The number of hydrogen-bond donors (Lipinski definition) is 2. The van der Waals surface area contributed by atoms with E-state index in [-0.39, 0.29) is 31.6 Å². The molecule has 41 heavy (non-hydrogen) atoms. The molecule has 0 unspecified atom stereocenters. The van der Waals surface area contributed by atoms with Gasteiger partial charge in [0, 0.05) is 0 Å². The fourth-order valence-electron chi connectivity index (χ4n) is 5.47. The van der Waals surface area contributed by atoms with Crippen LogP contribution in [0.15, 0.2) is 43.0 Å². The quantitative estimate of drug-likeness (QED) is 0.159. The van der Waals surface area contributed by atoms with Crippen molar-refractivity contribution in [2.75, 3.05) is 13.2 Å². The SMILES string of the molecule is C=CCO[C@H]1O[C@@H]2COC(C)(C)O[C@H]2[C@H](O)[C@H]1NC(=O)C[C@@H](CCCCCCCCCCC)OCc1ccccc1. The Morgan fingerprint density at radius 3 is 2.49 bits per heavy atom. The Bertz CT molecular complexity index is 880. The maximum Gasteiger partial charge on any atom is 0.223 e. The number of benzene rings is 1. The molecule has 0 radical (unpaired) electrons. The largest absolute Gasteiger partial charge is 0.388 e. The number of aliphatic hydroxyl groups is 1. The average molecular weight is 576 g/mol. The standard InChI is InChI=1S/C33H53NO7/c1-5-7-8-9-10-11-12-13-17-20-26(38-23-25-18-15-14-16-19-25)22-28(35)34-29-30(36)31-27(24-39-33(3,4)41-31)40-32(29)37-21-6-2/h6,14-16,18-19,26-27,29-32,36H,2,5,7-13,17,20-24H2,1,3-4H3,(H,34,35)/t26-,27-,29-,30-,31-,32+/m1/s1. The predicted molar refractivity (Wildman–Crippen MR) is 159 cm³/mol. The van der Waals surface area contributed by atoms with Gasteiger partial charge in [0.15, 0.2) is 12.1 Å². The van der Waals surface area contributed by atoms with E-state index in [4.69, 9.17) is 23.7 Å². The highest BCUT2D eigenvalue weighted by Gasteiger charge is 2.51.